The smallest absolute Gasteiger partial charge is 0.258 e. The van der Waals surface area contributed by atoms with Gasteiger partial charge in [-0.15, -0.1) is 0 Å². The van der Waals surface area contributed by atoms with Crippen molar-refractivity contribution in [2.75, 3.05) is 0 Å². The maximum atomic E-state index is 13.0. The summed E-state index contributed by atoms with van der Waals surface area (Å²) in [5.74, 6) is 0.233. The second-order valence-electron chi connectivity index (χ2n) is 7.86. The van der Waals surface area contributed by atoms with Crippen LogP contribution in [-0.2, 0) is 16.4 Å². The van der Waals surface area contributed by atoms with Crippen LogP contribution in [0.1, 0.15) is 42.8 Å². The van der Waals surface area contributed by atoms with Crippen LogP contribution in [0.15, 0.2) is 84.1 Å². The molecule has 0 fully saturated rings. The Bertz CT molecular complexity index is 1260. The topological polar surface area (TPSA) is 101 Å². The van der Waals surface area contributed by atoms with Gasteiger partial charge in [0.1, 0.15) is 0 Å². The summed E-state index contributed by atoms with van der Waals surface area (Å²) >= 11 is 0. The molecule has 0 spiro atoms. The Morgan fingerprint density at radius 2 is 1.69 bits per heavy atom. The third-order valence-electron chi connectivity index (χ3n) is 5.16. The molecule has 0 radical (unpaired) electrons. The van der Waals surface area contributed by atoms with Gasteiger partial charge in [0.15, 0.2) is 5.03 Å². The number of aromatic nitrogens is 4. The van der Waals surface area contributed by atoms with Crippen LogP contribution in [0.5, 0.6) is 0 Å². The lowest BCUT2D eigenvalue weighted by Crippen LogP contribution is -2.31. The maximum Gasteiger partial charge on any atom is 0.258 e. The number of rotatable bonds is 8. The monoisotopic (exact) mass is 447 g/mol. The van der Waals surface area contributed by atoms with Gasteiger partial charge in [-0.25, -0.2) is 18.1 Å². The molecule has 0 aliphatic rings. The van der Waals surface area contributed by atoms with Crippen molar-refractivity contribution in [3.05, 3.63) is 96.1 Å². The van der Waals surface area contributed by atoms with E-state index in [0.717, 1.165) is 22.5 Å². The number of hydrogen-bond donors (Lipinski definition) is 2. The fourth-order valence-electron chi connectivity index (χ4n) is 3.42. The van der Waals surface area contributed by atoms with Crippen LogP contribution < -0.4 is 4.72 Å². The van der Waals surface area contributed by atoms with Crippen molar-refractivity contribution in [1.82, 2.24) is 24.9 Å². The Balaban J connectivity index is 1.65. The summed E-state index contributed by atoms with van der Waals surface area (Å²) in [6.07, 6.45) is 3.62. The molecule has 4 rings (SSSR count). The van der Waals surface area contributed by atoms with Gasteiger partial charge in [-0.05, 0) is 53.8 Å². The van der Waals surface area contributed by atoms with Gasteiger partial charge in [0.2, 0.25) is 0 Å². The highest BCUT2D eigenvalue weighted by molar-refractivity contribution is 7.89. The Morgan fingerprint density at radius 3 is 2.34 bits per heavy atom. The molecule has 0 bridgehead atoms. The van der Waals surface area contributed by atoms with E-state index < -0.39 is 16.1 Å². The minimum atomic E-state index is -3.82. The third kappa shape index (κ3) is 5.09. The van der Waals surface area contributed by atoms with Crippen LogP contribution in [0.2, 0.25) is 0 Å². The number of hydrogen-bond acceptors (Lipinski definition) is 5. The minimum Gasteiger partial charge on any atom is -0.278 e. The minimum absolute atomic E-state index is 0.0143. The van der Waals surface area contributed by atoms with Crippen molar-refractivity contribution in [2.45, 2.75) is 37.3 Å². The van der Waals surface area contributed by atoms with E-state index in [4.69, 9.17) is 4.98 Å². The van der Waals surface area contributed by atoms with Gasteiger partial charge < -0.3 is 0 Å². The van der Waals surface area contributed by atoms with Crippen LogP contribution in [0.3, 0.4) is 0 Å². The molecule has 164 valence electrons. The molecule has 32 heavy (non-hydrogen) atoms. The van der Waals surface area contributed by atoms with Gasteiger partial charge in [-0.2, -0.15) is 5.10 Å². The number of aromatic amines is 1. The van der Waals surface area contributed by atoms with E-state index in [0.29, 0.717) is 12.1 Å². The lowest BCUT2D eigenvalue weighted by molar-refractivity contribution is 0.545. The van der Waals surface area contributed by atoms with Crippen LogP contribution >= 0.6 is 0 Å². The van der Waals surface area contributed by atoms with Gasteiger partial charge in [0.25, 0.3) is 10.0 Å². The summed E-state index contributed by atoms with van der Waals surface area (Å²) in [5.41, 5.74) is 4.51. The highest BCUT2D eigenvalue weighted by atomic mass is 32.2. The molecular formula is C24H25N5O2S. The molecule has 4 aromatic rings. The molecule has 3 aromatic heterocycles. The largest absolute Gasteiger partial charge is 0.278 e. The summed E-state index contributed by atoms with van der Waals surface area (Å²) < 4.78 is 28.9. The zero-order valence-electron chi connectivity index (χ0n) is 17.9. The number of H-pyrrole nitrogens is 1. The van der Waals surface area contributed by atoms with E-state index >= 15 is 0 Å². The number of nitrogens with zero attached hydrogens (tertiary/aromatic N) is 3. The first-order valence-corrected chi connectivity index (χ1v) is 11.9. The van der Waals surface area contributed by atoms with Crippen LogP contribution in [-0.4, -0.2) is 28.6 Å². The Kier molecular flexibility index (Phi) is 6.43. The first-order valence-electron chi connectivity index (χ1n) is 10.4. The van der Waals surface area contributed by atoms with Gasteiger partial charge in [0, 0.05) is 18.1 Å². The fourth-order valence-corrected chi connectivity index (χ4v) is 4.57. The van der Waals surface area contributed by atoms with E-state index in [9.17, 15) is 8.42 Å². The van der Waals surface area contributed by atoms with Crippen molar-refractivity contribution in [1.29, 1.82) is 0 Å². The van der Waals surface area contributed by atoms with Gasteiger partial charge in [-0.3, -0.25) is 10.1 Å². The molecule has 0 saturated heterocycles. The molecule has 0 aliphatic carbocycles. The SMILES string of the molecule is CC(C)c1cccc(C(Cc2ccc(-c3ccn[nH]3)cc2)NS(=O)(=O)c2ccccn2)n1. The second-order valence-corrected chi connectivity index (χ2v) is 9.52. The molecule has 1 unspecified atom stereocenters. The lowest BCUT2D eigenvalue weighted by Gasteiger charge is -2.20. The number of nitrogens with one attached hydrogen (secondary N) is 2. The van der Waals surface area contributed by atoms with Crippen molar-refractivity contribution in [3.63, 3.8) is 0 Å². The van der Waals surface area contributed by atoms with E-state index in [-0.39, 0.29) is 10.9 Å². The molecule has 0 saturated carbocycles. The normalized spacial score (nSPS) is 12.7. The van der Waals surface area contributed by atoms with Crippen LogP contribution in [0, 0.1) is 0 Å². The van der Waals surface area contributed by atoms with Crippen LogP contribution in [0.4, 0.5) is 0 Å². The summed E-state index contributed by atoms with van der Waals surface area (Å²) in [6.45, 7) is 4.13. The zero-order valence-corrected chi connectivity index (χ0v) is 18.8. The standard InChI is InChI=1S/C24H25N5O2S/c1-17(2)20-6-5-7-22(27-20)23(29-32(30,31)24-8-3-4-14-25-24)16-18-9-11-19(12-10-18)21-13-15-26-28-21/h3-15,17,23,29H,16H2,1-2H3,(H,26,28). The molecular weight excluding hydrogens is 422 g/mol. The maximum absolute atomic E-state index is 13.0. The highest BCUT2D eigenvalue weighted by Gasteiger charge is 2.24. The summed E-state index contributed by atoms with van der Waals surface area (Å²) in [7, 11) is -3.82. The Hall–Kier alpha value is -3.36. The third-order valence-corrected chi connectivity index (χ3v) is 6.54. The van der Waals surface area contributed by atoms with Crippen molar-refractivity contribution >= 4 is 10.0 Å². The van der Waals surface area contributed by atoms with Gasteiger partial charge in [0.05, 0.1) is 17.4 Å². The summed E-state index contributed by atoms with van der Waals surface area (Å²) in [6, 6.07) is 19.9. The highest BCUT2D eigenvalue weighted by Crippen LogP contribution is 2.24. The van der Waals surface area contributed by atoms with E-state index in [1.807, 2.05) is 48.5 Å². The van der Waals surface area contributed by atoms with E-state index in [1.165, 1.54) is 12.3 Å². The first kappa shape index (κ1) is 21.9. The predicted octanol–water partition coefficient (Wildman–Crippen LogP) is 4.25. The summed E-state index contributed by atoms with van der Waals surface area (Å²) in [4.78, 5) is 8.75. The fraction of sp³-hybridized carbons (Fsp3) is 0.208. The lowest BCUT2D eigenvalue weighted by atomic mass is 10.0. The summed E-state index contributed by atoms with van der Waals surface area (Å²) in [5, 5.41) is 6.92. The molecule has 7 nitrogen and oxygen atoms in total. The molecule has 2 N–H and O–H groups in total. The van der Waals surface area contributed by atoms with Gasteiger partial charge >= 0.3 is 0 Å². The van der Waals surface area contributed by atoms with E-state index in [2.05, 4.69) is 33.8 Å². The zero-order chi connectivity index (χ0) is 22.6. The van der Waals surface area contributed by atoms with Crippen molar-refractivity contribution in [3.8, 4) is 11.3 Å². The average molecular weight is 448 g/mol. The molecule has 0 amide bonds. The number of sulfonamides is 1. The quantitative estimate of drug-likeness (QED) is 0.420. The predicted molar refractivity (Wildman–Crippen MR) is 123 cm³/mol. The van der Waals surface area contributed by atoms with Crippen molar-refractivity contribution < 1.29 is 8.42 Å². The first-order chi connectivity index (χ1) is 15.4. The van der Waals surface area contributed by atoms with Crippen LogP contribution in [0.25, 0.3) is 11.3 Å². The average Bonchev–Trinajstić information content (AvgIpc) is 3.35. The number of benzene rings is 1. The Labute approximate surface area is 188 Å². The second kappa shape index (κ2) is 9.42. The van der Waals surface area contributed by atoms with Gasteiger partial charge in [-0.1, -0.05) is 50.2 Å². The molecule has 0 aliphatic heterocycles. The molecule has 8 heteroatoms. The molecule has 1 atom stereocenters. The molecule has 3 heterocycles. The van der Waals surface area contributed by atoms with E-state index in [1.54, 1.807) is 18.3 Å². The van der Waals surface area contributed by atoms with Crippen molar-refractivity contribution in [2.24, 2.45) is 0 Å². The number of pyridine rings is 2. The molecule has 1 aromatic carbocycles. The Morgan fingerprint density at radius 1 is 0.906 bits per heavy atom.